The van der Waals surface area contributed by atoms with Gasteiger partial charge < -0.3 is 0 Å². The van der Waals surface area contributed by atoms with E-state index >= 15 is 0 Å². The van der Waals surface area contributed by atoms with Gasteiger partial charge in [0.05, 0.1) is 0 Å². The average Bonchev–Trinajstić information content (AvgIpc) is 2.82. The first-order valence-electron chi connectivity index (χ1n) is 4.68. The van der Waals surface area contributed by atoms with E-state index in [0.29, 0.717) is 23.9 Å². The molecule has 4 atom stereocenters. The van der Waals surface area contributed by atoms with E-state index in [1.54, 1.807) is 0 Å². The van der Waals surface area contributed by atoms with Crippen molar-refractivity contribution in [1.82, 2.24) is 7.96 Å². The molecule has 0 amide bonds. The van der Waals surface area contributed by atoms with Crippen LogP contribution in [0.15, 0.2) is 7.92 Å². The van der Waals surface area contributed by atoms with Crippen molar-refractivity contribution >= 4 is 29.5 Å². The first-order valence-corrected chi connectivity index (χ1v) is 7.74. The number of rotatable bonds is 0. The third-order valence-corrected chi connectivity index (χ3v) is 5.70. The van der Waals surface area contributed by atoms with Gasteiger partial charge in [-0.05, 0) is 0 Å². The Bertz CT molecular complexity index is 400. The summed E-state index contributed by atoms with van der Waals surface area (Å²) < 4.78 is 18.3. The SMILES string of the molecule is CC1c2n[se]nc2C(C)C2N=[Se]=NC12. The molecule has 2 heterocycles. The van der Waals surface area contributed by atoms with Gasteiger partial charge in [-0.1, -0.05) is 0 Å². The Morgan fingerprint density at radius 1 is 0.929 bits per heavy atom. The third kappa shape index (κ3) is 1.12. The maximum atomic E-state index is 4.62. The molecule has 1 aromatic heterocycles. The van der Waals surface area contributed by atoms with Gasteiger partial charge in [0.15, 0.2) is 0 Å². The number of fused-ring (bicyclic) bond motifs is 2. The van der Waals surface area contributed by atoms with Crippen molar-refractivity contribution in [3.8, 4) is 0 Å². The number of aromatic nitrogens is 2. The van der Waals surface area contributed by atoms with Crippen LogP contribution in [0.3, 0.4) is 0 Å². The van der Waals surface area contributed by atoms with Gasteiger partial charge in [0.1, 0.15) is 0 Å². The molecule has 74 valence electrons. The van der Waals surface area contributed by atoms with Crippen molar-refractivity contribution in [2.24, 2.45) is 7.92 Å². The molecule has 2 aliphatic rings. The summed E-state index contributed by atoms with van der Waals surface area (Å²) in [6.45, 7) is 4.44. The van der Waals surface area contributed by atoms with Gasteiger partial charge >= 0.3 is 94.6 Å². The molecule has 0 saturated heterocycles. The second-order valence-electron chi connectivity index (χ2n) is 3.89. The van der Waals surface area contributed by atoms with Crippen LogP contribution in [0.5, 0.6) is 0 Å². The molecule has 1 aliphatic heterocycles. The van der Waals surface area contributed by atoms with Gasteiger partial charge in [-0.15, -0.1) is 0 Å². The molecule has 0 saturated carbocycles. The topological polar surface area (TPSA) is 50.5 Å². The first kappa shape index (κ1) is 9.22. The van der Waals surface area contributed by atoms with Gasteiger partial charge in [-0.25, -0.2) is 0 Å². The van der Waals surface area contributed by atoms with Crippen molar-refractivity contribution in [1.29, 1.82) is 0 Å². The van der Waals surface area contributed by atoms with E-state index in [-0.39, 0.29) is 29.5 Å². The van der Waals surface area contributed by atoms with E-state index in [1.807, 2.05) is 0 Å². The Labute approximate surface area is 94.5 Å². The number of nitrogens with zero attached hydrogens (tertiary/aromatic N) is 4. The number of hydrogen-bond donors (Lipinski definition) is 0. The van der Waals surface area contributed by atoms with Crippen LogP contribution in [-0.4, -0.2) is 49.6 Å². The van der Waals surface area contributed by atoms with Crippen molar-refractivity contribution < 1.29 is 0 Å². The fourth-order valence-electron chi connectivity index (χ4n) is 2.19. The van der Waals surface area contributed by atoms with Crippen LogP contribution in [0.25, 0.3) is 0 Å². The van der Waals surface area contributed by atoms with E-state index in [1.165, 1.54) is 11.4 Å². The van der Waals surface area contributed by atoms with Gasteiger partial charge in [0.25, 0.3) is 0 Å². The summed E-state index contributed by atoms with van der Waals surface area (Å²) in [7, 11) is 0. The Morgan fingerprint density at radius 3 is 1.93 bits per heavy atom. The van der Waals surface area contributed by atoms with Gasteiger partial charge in [-0.3, -0.25) is 0 Å². The van der Waals surface area contributed by atoms with E-state index in [0.717, 1.165) is 0 Å². The second-order valence-corrected chi connectivity index (χ2v) is 6.22. The Hall–Kier alpha value is -0.0210. The van der Waals surface area contributed by atoms with Crippen LogP contribution in [0.4, 0.5) is 0 Å². The minimum absolute atomic E-state index is 0.108. The predicted octanol–water partition coefficient (Wildman–Crippen LogP) is 0.576. The number of hydrogen-bond acceptors (Lipinski definition) is 4. The van der Waals surface area contributed by atoms with Crippen LogP contribution in [-0.2, 0) is 0 Å². The van der Waals surface area contributed by atoms with Gasteiger partial charge in [0, 0.05) is 0 Å². The van der Waals surface area contributed by atoms with Gasteiger partial charge in [0.2, 0.25) is 0 Å². The zero-order valence-corrected chi connectivity index (χ0v) is 11.3. The normalized spacial score (nSPS) is 39.0. The summed E-state index contributed by atoms with van der Waals surface area (Å²) in [5.74, 6) is 0.903. The van der Waals surface area contributed by atoms with E-state index in [4.69, 9.17) is 0 Å². The molecule has 4 nitrogen and oxygen atoms in total. The van der Waals surface area contributed by atoms with Crippen molar-refractivity contribution in [2.45, 2.75) is 37.8 Å². The van der Waals surface area contributed by atoms with E-state index in [2.05, 4.69) is 29.7 Å². The van der Waals surface area contributed by atoms with Crippen molar-refractivity contribution in [3.05, 3.63) is 11.4 Å². The minimum atomic E-state index is 0.108. The zero-order chi connectivity index (χ0) is 9.71. The molecule has 0 fully saturated rings. The van der Waals surface area contributed by atoms with Crippen LogP contribution < -0.4 is 0 Å². The van der Waals surface area contributed by atoms with Gasteiger partial charge in [-0.2, -0.15) is 0 Å². The summed E-state index contributed by atoms with van der Waals surface area (Å²) in [6, 6.07) is 0.799. The molecule has 3 rings (SSSR count). The summed E-state index contributed by atoms with van der Waals surface area (Å²) in [5, 5.41) is 0. The molecule has 1 aliphatic carbocycles. The molecule has 0 radical (unpaired) electrons. The standard InChI is InChI=1S/C8H10N4Se2/c1-3-5-7(11-13-9-5)4(2)8-6(3)10-14-12-8/h3-5,7H,1-2H3. The summed E-state index contributed by atoms with van der Waals surface area (Å²) in [4.78, 5) is 0. The third-order valence-electron chi connectivity index (χ3n) is 3.12. The molecule has 4 unspecified atom stereocenters. The van der Waals surface area contributed by atoms with Crippen molar-refractivity contribution in [3.63, 3.8) is 0 Å². The molecule has 14 heavy (non-hydrogen) atoms. The fraction of sp³-hybridized carbons (Fsp3) is 0.750. The molecular weight excluding hydrogens is 310 g/mol. The fourth-order valence-corrected chi connectivity index (χ4v) is 5.60. The molecule has 6 heteroatoms. The first-order chi connectivity index (χ1) is 6.79. The maximum absolute atomic E-state index is 4.62. The molecular formula is C8H10N4Se2. The van der Waals surface area contributed by atoms with Crippen molar-refractivity contribution in [2.75, 3.05) is 0 Å². The Morgan fingerprint density at radius 2 is 1.43 bits per heavy atom. The summed E-state index contributed by atoms with van der Waals surface area (Å²) in [5.41, 5.74) is 2.46. The quantitative estimate of drug-likeness (QED) is 0.657. The van der Waals surface area contributed by atoms with E-state index < -0.39 is 0 Å². The van der Waals surface area contributed by atoms with Crippen LogP contribution in [0, 0.1) is 0 Å². The monoisotopic (exact) mass is 322 g/mol. The van der Waals surface area contributed by atoms with Crippen LogP contribution in [0.2, 0.25) is 0 Å². The summed E-state index contributed by atoms with van der Waals surface area (Å²) >= 11 is 0.264. The van der Waals surface area contributed by atoms with E-state index in [9.17, 15) is 0 Å². The average molecular weight is 320 g/mol. The Balaban J connectivity index is 2.13. The zero-order valence-electron chi connectivity index (χ0n) is 7.91. The Kier molecular flexibility index (Phi) is 2.13. The van der Waals surface area contributed by atoms with Crippen LogP contribution in [0.1, 0.15) is 37.1 Å². The van der Waals surface area contributed by atoms with Crippen LogP contribution >= 0.6 is 0 Å². The second kappa shape index (κ2) is 3.24. The molecule has 0 bridgehead atoms. The summed E-state index contributed by atoms with van der Waals surface area (Å²) in [6.07, 6.45) is 0. The molecule has 0 aromatic carbocycles. The predicted molar refractivity (Wildman–Crippen MR) is 54.0 cm³/mol. The molecule has 0 spiro atoms. The molecule has 1 aromatic rings. The molecule has 0 N–H and O–H groups in total.